The van der Waals surface area contributed by atoms with E-state index in [0.717, 1.165) is 19.3 Å². The van der Waals surface area contributed by atoms with Gasteiger partial charge in [-0.25, -0.2) is 0 Å². The summed E-state index contributed by atoms with van der Waals surface area (Å²) in [6.45, 7) is 2.14. The molecule has 0 aromatic heterocycles. The number of hydrogen-bond donors (Lipinski definition) is 1. The summed E-state index contributed by atoms with van der Waals surface area (Å²) < 4.78 is 27.2. The summed E-state index contributed by atoms with van der Waals surface area (Å²) in [5.74, 6) is -0.300. The molecule has 0 atom stereocenters. The van der Waals surface area contributed by atoms with Crippen LogP contribution < -0.4 is 0 Å². The average Bonchev–Trinajstić information content (AvgIpc) is 2.57. The fourth-order valence-corrected chi connectivity index (χ4v) is 3.72. The van der Waals surface area contributed by atoms with Crippen LogP contribution >= 0.6 is 0 Å². The molecule has 0 bridgehead atoms. The first-order valence-corrected chi connectivity index (χ1v) is 12.2. The third-order valence-corrected chi connectivity index (χ3v) is 5.81. The molecule has 0 aromatic carbocycles. The van der Waals surface area contributed by atoms with Crippen molar-refractivity contribution in [1.29, 1.82) is 0 Å². The van der Waals surface area contributed by atoms with Gasteiger partial charge in [-0.1, -0.05) is 103 Å². The minimum Gasteiger partial charge on any atom is -0.395 e. The lowest BCUT2D eigenvalue weighted by Gasteiger charge is -2.05. The zero-order chi connectivity index (χ0) is 18.6. The van der Waals surface area contributed by atoms with E-state index in [9.17, 15) is 8.42 Å². The quantitative estimate of drug-likeness (QED) is 0.222. The van der Waals surface area contributed by atoms with Crippen LogP contribution in [-0.2, 0) is 14.3 Å². The highest BCUT2D eigenvalue weighted by atomic mass is 32.2. The van der Waals surface area contributed by atoms with Crippen molar-refractivity contribution in [3.05, 3.63) is 0 Å². The Kier molecular flexibility index (Phi) is 18.6. The Balaban J connectivity index is 3.12. The highest BCUT2D eigenvalue weighted by molar-refractivity contribution is 7.86. The monoisotopic (exact) mass is 378 g/mol. The summed E-state index contributed by atoms with van der Waals surface area (Å²) in [4.78, 5) is 0. The molecule has 0 radical (unpaired) electrons. The predicted molar refractivity (Wildman–Crippen MR) is 106 cm³/mol. The summed E-state index contributed by atoms with van der Waals surface area (Å²) in [6.07, 6.45) is 20.8. The molecular weight excluding hydrogens is 336 g/mol. The molecule has 0 heterocycles. The first-order valence-electron chi connectivity index (χ1n) is 10.6. The highest BCUT2D eigenvalue weighted by Crippen LogP contribution is 2.13. The molecule has 4 nitrogen and oxygen atoms in total. The minimum absolute atomic E-state index is 0.251. The van der Waals surface area contributed by atoms with Crippen molar-refractivity contribution in [3.63, 3.8) is 0 Å². The first-order chi connectivity index (χ1) is 12.1. The molecule has 0 saturated heterocycles. The molecule has 0 amide bonds. The van der Waals surface area contributed by atoms with Gasteiger partial charge in [-0.05, 0) is 6.42 Å². The lowest BCUT2D eigenvalue weighted by molar-refractivity contribution is 0.285. The van der Waals surface area contributed by atoms with Crippen molar-refractivity contribution in [3.8, 4) is 0 Å². The van der Waals surface area contributed by atoms with Crippen LogP contribution in [0.15, 0.2) is 0 Å². The van der Waals surface area contributed by atoms with Gasteiger partial charge in [-0.15, -0.1) is 0 Å². The van der Waals surface area contributed by atoms with Crippen molar-refractivity contribution in [2.45, 2.75) is 110 Å². The van der Waals surface area contributed by atoms with Gasteiger partial charge >= 0.3 is 0 Å². The van der Waals surface area contributed by atoms with Gasteiger partial charge in [0.15, 0.2) is 0 Å². The van der Waals surface area contributed by atoms with E-state index in [4.69, 9.17) is 9.29 Å². The SMILES string of the molecule is CCCCCCCCCCCCCCCCCCOS(=O)(=O)CCO. The van der Waals surface area contributed by atoms with Gasteiger partial charge in [0.25, 0.3) is 10.1 Å². The Morgan fingerprint density at radius 1 is 0.640 bits per heavy atom. The summed E-state index contributed by atoms with van der Waals surface area (Å²) in [5.41, 5.74) is 0. The summed E-state index contributed by atoms with van der Waals surface area (Å²) >= 11 is 0. The molecule has 152 valence electrons. The average molecular weight is 379 g/mol. The lowest BCUT2D eigenvalue weighted by atomic mass is 10.0. The van der Waals surface area contributed by atoms with Crippen LogP contribution in [0.3, 0.4) is 0 Å². The molecule has 0 aliphatic rings. The zero-order valence-electron chi connectivity index (χ0n) is 16.5. The molecule has 0 fully saturated rings. The van der Waals surface area contributed by atoms with Gasteiger partial charge < -0.3 is 5.11 Å². The van der Waals surface area contributed by atoms with E-state index in [-0.39, 0.29) is 19.0 Å². The van der Waals surface area contributed by atoms with Crippen molar-refractivity contribution >= 4 is 10.1 Å². The molecule has 0 aliphatic heterocycles. The predicted octanol–water partition coefficient (Wildman–Crippen LogP) is 5.59. The van der Waals surface area contributed by atoms with Crippen LogP contribution in [0.25, 0.3) is 0 Å². The number of hydrogen-bond acceptors (Lipinski definition) is 4. The maximum atomic E-state index is 11.2. The van der Waals surface area contributed by atoms with Gasteiger partial charge in [0.2, 0.25) is 0 Å². The molecule has 0 aromatic rings. The van der Waals surface area contributed by atoms with Crippen molar-refractivity contribution < 1.29 is 17.7 Å². The van der Waals surface area contributed by atoms with Crippen molar-refractivity contribution in [2.24, 2.45) is 0 Å². The Bertz CT molecular complexity index is 355. The number of aliphatic hydroxyl groups is 1. The molecule has 0 unspecified atom stereocenters. The molecule has 25 heavy (non-hydrogen) atoms. The Hall–Kier alpha value is -0.130. The maximum absolute atomic E-state index is 11.2. The van der Waals surface area contributed by atoms with Crippen molar-refractivity contribution in [2.75, 3.05) is 19.0 Å². The van der Waals surface area contributed by atoms with E-state index in [1.54, 1.807) is 0 Å². The largest absolute Gasteiger partial charge is 0.395 e. The smallest absolute Gasteiger partial charge is 0.269 e. The van der Waals surface area contributed by atoms with E-state index in [2.05, 4.69) is 6.92 Å². The molecule has 0 saturated carbocycles. The van der Waals surface area contributed by atoms with Gasteiger partial charge in [0.05, 0.1) is 19.0 Å². The highest BCUT2D eigenvalue weighted by Gasteiger charge is 2.08. The van der Waals surface area contributed by atoms with E-state index in [1.165, 1.54) is 83.5 Å². The molecule has 0 rings (SSSR count). The van der Waals surface area contributed by atoms with Gasteiger partial charge in [-0.3, -0.25) is 4.18 Å². The third-order valence-electron chi connectivity index (χ3n) is 4.60. The van der Waals surface area contributed by atoms with Crippen LogP contribution in [0.1, 0.15) is 110 Å². The third kappa shape index (κ3) is 20.0. The van der Waals surface area contributed by atoms with E-state index in [1.807, 2.05) is 0 Å². The lowest BCUT2D eigenvalue weighted by Crippen LogP contribution is -2.14. The topological polar surface area (TPSA) is 63.6 Å². The molecular formula is C20H42O4S. The second-order valence-corrected chi connectivity index (χ2v) is 8.87. The van der Waals surface area contributed by atoms with Crippen LogP contribution in [0.4, 0.5) is 0 Å². The van der Waals surface area contributed by atoms with Crippen LogP contribution in [0.5, 0.6) is 0 Å². The molecule has 5 heteroatoms. The molecule has 0 spiro atoms. The maximum Gasteiger partial charge on any atom is 0.269 e. The Morgan fingerprint density at radius 3 is 1.36 bits per heavy atom. The fourth-order valence-electron chi connectivity index (χ4n) is 3.01. The first kappa shape index (κ1) is 24.9. The standard InChI is InChI=1S/C20H42O4S/c1-2-3-4-5-6-7-8-9-10-11-12-13-14-15-16-17-19-24-25(22,23)20-18-21/h21H,2-20H2,1H3. The van der Waals surface area contributed by atoms with Gasteiger partial charge in [0.1, 0.15) is 0 Å². The van der Waals surface area contributed by atoms with Gasteiger partial charge in [0, 0.05) is 0 Å². The number of rotatable bonds is 20. The summed E-state index contributed by atoms with van der Waals surface area (Å²) in [6, 6.07) is 0. The normalized spacial score (nSPS) is 11.9. The van der Waals surface area contributed by atoms with E-state index < -0.39 is 10.1 Å². The summed E-state index contributed by atoms with van der Waals surface area (Å²) in [5, 5.41) is 8.59. The Morgan fingerprint density at radius 2 is 1.00 bits per heavy atom. The zero-order valence-corrected chi connectivity index (χ0v) is 17.3. The molecule has 1 N–H and O–H groups in total. The second kappa shape index (κ2) is 18.7. The van der Waals surface area contributed by atoms with Crippen LogP contribution in [-0.4, -0.2) is 32.5 Å². The van der Waals surface area contributed by atoms with Crippen LogP contribution in [0.2, 0.25) is 0 Å². The van der Waals surface area contributed by atoms with Crippen molar-refractivity contribution in [1.82, 2.24) is 0 Å². The Labute approximate surface area is 156 Å². The minimum atomic E-state index is -3.50. The molecule has 0 aliphatic carbocycles. The number of unbranched alkanes of at least 4 members (excludes halogenated alkanes) is 15. The van der Waals surface area contributed by atoms with Gasteiger partial charge in [-0.2, -0.15) is 8.42 Å². The summed E-state index contributed by atoms with van der Waals surface area (Å²) in [7, 11) is -3.50. The van der Waals surface area contributed by atoms with E-state index in [0.29, 0.717) is 0 Å². The number of aliphatic hydroxyl groups excluding tert-OH is 1. The fraction of sp³-hybridized carbons (Fsp3) is 1.00. The second-order valence-electron chi connectivity index (χ2n) is 7.11. The van der Waals surface area contributed by atoms with E-state index >= 15 is 0 Å². The van der Waals surface area contributed by atoms with Crippen LogP contribution in [0, 0.1) is 0 Å².